The molecule has 0 aliphatic carbocycles. The number of hydrogen-bond acceptors (Lipinski definition) is 4. The van der Waals surface area contributed by atoms with Crippen molar-refractivity contribution in [3.05, 3.63) is 162 Å². The second-order valence-corrected chi connectivity index (χ2v) is 18.4. The summed E-state index contributed by atoms with van der Waals surface area (Å²) >= 11 is 0. The highest BCUT2D eigenvalue weighted by atomic mass is 19.1. The third-order valence-electron chi connectivity index (χ3n) is 12.5. The lowest BCUT2D eigenvalue weighted by molar-refractivity contribution is 0.590. The topological polar surface area (TPSA) is 66.5 Å². The van der Waals surface area contributed by atoms with Gasteiger partial charge in [-0.05, 0) is 104 Å². The van der Waals surface area contributed by atoms with Crippen LogP contribution in [0, 0.1) is 17.1 Å². The first-order chi connectivity index (χ1) is 29.4. The van der Waals surface area contributed by atoms with Gasteiger partial charge in [-0.3, -0.25) is 0 Å². The van der Waals surface area contributed by atoms with Gasteiger partial charge in [-0.25, -0.2) is 14.4 Å². The van der Waals surface area contributed by atoms with E-state index in [-0.39, 0.29) is 16.6 Å². The summed E-state index contributed by atoms with van der Waals surface area (Å²) in [6.07, 6.45) is 0. The van der Waals surface area contributed by atoms with E-state index < -0.39 is 0 Å². The molecule has 0 aliphatic heterocycles. The molecule has 2 aromatic heterocycles. The van der Waals surface area contributed by atoms with Crippen LogP contribution in [-0.4, -0.2) is 14.5 Å². The molecular formula is C55H42FN5. The van der Waals surface area contributed by atoms with Crippen LogP contribution in [0.3, 0.4) is 0 Å². The molecule has 0 unspecified atom stereocenters. The van der Waals surface area contributed by atoms with Gasteiger partial charge in [0.25, 0.3) is 0 Å². The van der Waals surface area contributed by atoms with E-state index in [1.807, 2.05) is 47.0 Å². The number of para-hydroxylation sites is 3. The summed E-state index contributed by atoms with van der Waals surface area (Å²) in [6, 6.07) is 49.5. The fourth-order valence-corrected chi connectivity index (χ4v) is 9.32. The van der Waals surface area contributed by atoms with E-state index >= 15 is 4.39 Å². The Bertz CT molecular complexity index is 3730. The van der Waals surface area contributed by atoms with E-state index in [1.54, 1.807) is 12.1 Å². The molecule has 1 N–H and O–H groups in total. The molecule has 2 heterocycles. The third kappa shape index (κ3) is 5.64. The average molecular weight is 792 g/mol. The highest BCUT2D eigenvalue weighted by Gasteiger charge is 2.23. The predicted molar refractivity (Wildman–Crippen MR) is 253 cm³/mol. The number of nitrogens with zero attached hydrogens (tertiary/aromatic N) is 4. The molecule has 0 radical (unpaired) electrons. The Morgan fingerprint density at radius 1 is 0.508 bits per heavy atom. The van der Waals surface area contributed by atoms with Gasteiger partial charge in [0.1, 0.15) is 5.82 Å². The Hall–Kier alpha value is -7.36. The molecule has 61 heavy (non-hydrogen) atoms. The normalized spacial score (nSPS) is 12.5. The summed E-state index contributed by atoms with van der Waals surface area (Å²) < 4.78 is 17.8. The minimum atomic E-state index is -0.329. The zero-order valence-corrected chi connectivity index (χ0v) is 34.9. The maximum absolute atomic E-state index is 15.8. The van der Waals surface area contributed by atoms with Crippen LogP contribution in [0.4, 0.5) is 15.8 Å². The lowest BCUT2D eigenvalue weighted by atomic mass is 9.83. The van der Waals surface area contributed by atoms with Gasteiger partial charge in [0.05, 0.1) is 56.1 Å². The van der Waals surface area contributed by atoms with E-state index in [0.29, 0.717) is 11.1 Å². The Morgan fingerprint density at radius 3 is 1.67 bits per heavy atom. The van der Waals surface area contributed by atoms with Crippen molar-refractivity contribution in [1.29, 1.82) is 5.26 Å². The van der Waals surface area contributed by atoms with Crippen LogP contribution in [0.25, 0.3) is 92.6 Å². The van der Waals surface area contributed by atoms with Gasteiger partial charge in [-0.2, -0.15) is 5.26 Å². The molecule has 0 fully saturated rings. The minimum absolute atomic E-state index is 0.0108. The van der Waals surface area contributed by atoms with Crippen LogP contribution >= 0.6 is 0 Å². The first-order valence-corrected chi connectivity index (χ1v) is 20.8. The maximum atomic E-state index is 15.8. The van der Waals surface area contributed by atoms with Gasteiger partial charge < -0.3 is 9.88 Å². The molecule has 11 aromatic rings. The van der Waals surface area contributed by atoms with Crippen molar-refractivity contribution in [2.75, 3.05) is 5.32 Å². The molecule has 9 aromatic carbocycles. The molecule has 0 amide bonds. The summed E-state index contributed by atoms with van der Waals surface area (Å²) in [6.45, 7) is 13.6. The molecule has 294 valence electrons. The van der Waals surface area contributed by atoms with Crippen molar-refractivity contribution in [2.24, 2.45) is 0 Å². The largest absolute Gasteiger partial charge is 0.354 e. The summed E-state index contributed by atoms with van der Waals surface area (Å²) in [5, 5.41) is 23.8. The van der Waals surface area contributed by atoms with Crippen molar-refractivity contribution in [3.63, 3.8) is 0 Å². The van der Waals surface area contributed by atoms with Gasteiger partial charge in [0.2, 0.25) is 0 Å². The number of nitrogens with one attached hydrogen (secondary N) is 1. The Labute approximate surface area is 352 Å². The number of anilines is 2. The summed E-state index contributed by atoms with van der Waals surface area (Å²) in [5.41, 5.74) is 10.4. The van der Waals surface area contributed by atoms with Crippen LogP contribution < -0.4 is 5.32 Å². The van der Waals surface area contributed by atoms with E-state index in [0.717, 1.165) is 87.7 Å². The van der Waals surface area contributed by atoms with E-state index in [4.69, 9.17) is 9.97 Å². The van der Waals surface area contributed by atoms with Crippen molar-refractivity contribution in [1.82, 2.24) is 14.5 Å². The monoisotopic (exact) mass is 791 g/mol. The molecule has 0 atom stereocenters. The highest BCUT2D eigenvalue weighted by Crippen LogP contribution is 2.43. The van der Waals surface area contributed by atoms with E-state index in [2.05, 4.69) is 132 Å². The molecule has 6 heteroatoms. The quantitative estimate of drug-likeness (QED) is 0.143. The molecule has 5 nitrogen and oxygen atoms in total. The standard InChI is InChI=1S/C55H42FN5/c1-54(2,3)32-19-22-37-41(27-32)42-28-33(55(4,5)6)20-23-38(42)51-50(37)59-49-36-13-8-7-12-35(36)43-29-34(21-24-39(43)52(49)60-51)58-46-16-9-10-17-48(46)61-47-25-18-31(30-57)26-44(47)40-14-11-15-45(56)53(40)61/h7-29,58H,1-6H3. The van der Waals surface area contributed by atoms with Crippen LogP contribution in [0.1, 0.15) is 58.2 Å². The van der Waals surface area contributed by atoms with E-state index in [9.17, 15) is 5.26 Å². The molecule has 0 saturated carbocycles. The highest BCUT2D eigenvalue weighted by molar-refractivity contribution is 6.28. The third-order valence-corrected chi connectivity index (χ3v) is 12.5. The summed E-state index contributed by atoms with van der Waals surface area (Å²) in [7, 11) is 0. The van der Waals surface area contributed by atoms with Gasteiger partial charge in [-0.15, -0.1) is 0 Å². The number of nitriles is 1. The van der Waals surface area contributed by atoms with Crippen LogP contribution in [0.2, 0.25) is 0 Å². The molecular weight excluding hydrogens is 750 g/mol. The minimum Gasteiger partial charge on any atom is -0.354 e. The Morgan fingerprint density at radius 2 is 1.05 bits per heavy atom. The van der Waals surface area contributed by atoms with Gasteiger partial charge >= 0.3 is 0 Å². The van der Waals surface area contributed by atoms with Crippen molar-refractivity contribution in [2.45, 2.75) is 52.4 Å². The van der Waals surface area contributed by atoms with Crippen LogP contribution in [0.5, 0.6) is 0 Å². The number of aromatic nitrogens is 3. The van der Waals surface area contributed by atoms with E-state index in [1.165, 1.54) is 28.0 Å². The lowest BCUT2D eigenvalue weighted by Crippen LogP contribution is -2.11. The van der Waals surface area contributed by atoms with Crippen LogP contribution in [0.15, 0.2) is 140 Å². The van der Waals surface area contributed by atoms with Crippen molar-refractivity contribution in [3.8, 4) is 11.8 Å². The molecule has 0 aliphatic rings. The van der Waals surface area contributed by atoms with Crippen molar-refractivity contribution < 1.29 is 4.39 Å². The van der Waals surface area contributed by atoms with Gasteiger partial charge in [-0.1, -0.05) is 120 Å². The summed E-state index contributed by atoms with van der Waals surface area (Å²) in [4.78, 5) is 11.2. The number of fused-ring (bicyclic) bond motifs is 15. The first kappa shape index (κ1) is 36.7. The van der Waals surface area contributed by atoms with Gasteiger partial charge in [0, 0.05) is 38.0 Å². The lowest BCUT2D eigenvalue weighted by Gasteiger charge is -2.22. The smallest absolute Gasteiger partial charge is 0.147 e. The maximum Gasteiger partial charge on any atom is 0.147 e. The second-order valence-electron chi connectivity index (χ2n) is 18.4. The van der Waals surface area contributed by atoms with Crippen LogP contribution in [-0.2, 0) is 10.8 Å². The predicted octanol–water partition coefficient (Wildman–Crippen LogP) is 14.8. The second kappa shape index (κ2) is 13.1. The SMILES string of the molecule is CC(C)(C)c1ccc2c(c1)c1cc(C(C)(C)C)ccc1c1nc3c4ccc(Nc5ccccc5-n5c6ccc(C#N)cc6c6cccc(F)c65)cc4c4ccccc4c3nc21. The molecule has 0 saturated heterocycles. The number of halogens is 1. The molecule has 11 rings (SSSR count). The van der Waals surface area contributed by atoms with Crippen molar-refractivity contribution >= 4 is 98.3 Å². The van der Waals surface area contributed by atoms with Gasteiger partial charge in [0.15, 0.2) is 0 Å². The number of rotatable bonds is 3. The number of hydrogen-bond donors (Lipinski definition) is 1. The fourth-order valence-electron chi connectivity index (χ4n) is 9.32. The molecule has 0 spiro atoms. The zero-order valence-electron chi connectivity index (χ0n) is 34.9. The molecule has 0 bridgehead atoms. The zero-order chi connectivity index (χ0) is 41.9. The Balaban J connectivity index is 1.14. The average Bonchev–Trinajstić information content (AvgIpc) is 3.59. The number of benzene rings is 9. The summed E-state index contributed by atoms with van der Waals surface area (Å²) in [5.74, 6) is -0.329. The fraction of sp³-hybridized carbons (Fsp3) is 0.145. The Kier molecular flexibility index (Phi) is 7.86. The first-order valence-electron chi connectivity index (χ1n) is 20.8.